The summed E-state index contributed by atoms with van der Waals surface area (Å²) >= 11 is 0. The Bertz CT molecular complexity index is 1580. The molecule has 0 radical (unpaired) electrons. The highest BCUT2D eigenvalue weighted by atomic mass is 19.4. The SMILES string of the molecule is CCC1(c2ccccc2C(F)(F)F)C(C(=O)O)=C(C)N(C(=Nc2ccc(F)cc2)c2ccccc2)C(C)(CC)C1C(=O)O. The molecule has 226 valence electrons. The van der Waals surface area contributed by atoms with Crippen molar-refractivity contribution < 1.29 is 37.4 Å². The van der Waals surface area contributed by atoms with Crippen LogP contribution in [0.2, 0.25) is 0 Å². The monoisotopic (exact) mass is 596 g/mol. The fourth-order valence-electron chi connectivity index (χ4n) is 6.66. The van der Waals surface area contributed by atoms with Crippen molar-refractivity contribution in [3.8, 4) is 0 Å². The van der Waals surface area contributed by atoms with E-state index >= 15 is 0 Å². The van der Waals surface area contributed by atoms with Gasteiger partial charge in [0.25, 0.3) is 0 Å². The van der Waals surface area contributed by atoms with Crippen LogP contribution in [0, 0.1) is 11.7 Å². The molecule has 0 aromatic heterocycles. The van der Waals surface area contributed by atoms with Crippen LogP contribution in [0.3, 0.4) is 0 Å². The first kappa shape index (κ1) is 31.5. The largest absolute Gasteiger partial charge is 0.481 e. The minimum Gasteiger partial charge on any atom is -0.481 e. The van der Waals surface area contributed by atoms with Crippen LogP contribution in [0.25, 0.3) is 0 Å². The first-order valence-electron chi connectivity index (χ1n) is 13.8. The number of carbonyl (C=O) groups is 2. The predicted molar refractivity (Wildman–Crippen MR) is 154 cm³/mol. The molecule has 0 spiro atoms. The highest BCUT2D eigenvalue weighted by Gasteiger charge is 2.64. The fourth-order valence-corrected chi connectivity index (χ4v) is 6.66. The lowest BCUT2D eigenvalue weighted by molar-refractivity contribution is -0.154. The molecule has 3 aromatic rings. The van der Waals surface area contributed by atoms with E-state index in [1.165, 1.54) is 61.2 Å². The van der Waals surface area contributed by atoms with Gasteiger partial charge in [-0.05, 0) is 62.6 Å². The first-order valence-corrected chi connectivity index (χ1v) is 13.8. The average Bonchev–Trinajstić information content (AvgIpc) is 2.96. The molecular weight excluding hydrogens is 564 g/mol. The molecule has 43 heavy (non-hydrogen) atoms. The van der Waals surface area contributed by atoms with Gasteiger partial charge in [-0.3, -0.25) is 4.79 Å². The lowest BCUT2D eigenvalue weighted by Crippen LogP contribution is -2.66. The number of amidine groups is 1. The third kappa shape index (κ3) is 5.30. The van der Waals surface area contributed by atoms with Crippen LogP contribution in [-0.2, 0) is 21.2 Å². The molecule has 0 amide bonds. The van der Waals surface area contributed by atoms with Gasteiger partial charge < -0.3 is 15.1 Å². The molecule has 3 atom stereocenters. The highest BCUT2D eigenvalue weighted by molar-refractivity contribution is 6.04. The molecule has 0 aliphatic carbocycles. The summed E-state index contributed by atoms with van der Waals surface area (Å²) in [5.41, 5.74) is -4.67. The normalized spacial score (nSPS) is 22.9. The molecular formula is C33H32F4N2O4. The zero-order valence-corrected chi connectivity index (χ0v) is 24.1. The van der Waals surface area contributed by atoms with E-state index < -0.39 is 57.5 Å². The van der Waals surface area contributed by atoms with Crippen molar-refractivity contribution in [2.24, 2.45) is 10.9 Å². The minimum atomic E-state index is -4.88. The summed E-state index contributed by atoms with van der Waals surface area (Å²) in [4.78, 5) is 32.9. The third-order valence-electron chi connectivity index (χ3n) is 8.52. The number of carboxylic acids is 2. The van der Waals surface area contributed by atoms with Crippen molar-refractivity contribution in [2.45, 2.75) is 57.7 Å². The Morgan fingerprint density at radius 3 is 2.00 bits per heavy atom. The number of carboxylic acid groups (broad SMARTS) is 2. The van der Waals surface area contributed by atoms with Crippen molar-refractivity contribution in [2.75, 3.05) is 0 Å². The van der Waals surface area contributed by atoms with Gasteiger partial charge in [-0.2, -0.15) is 13.2 Å². The van der Waals surface area contributed by atoms with Gasteiger partial charge in [-0.1, -0.05) is 62.4 Å². The van der Waals surface area contributed by atoms with Crippen LogP contribution in [-0.4, -0.2) is 38.4 Å². The number of nitrogens with zero attached hydrogens (tertiary/aromatic N) is 2. The van der Waals surface area contributed by atoms with Gasteiger partial charge in [0.1, 0.15) is 11.7 Å². The molecule has 0 bridgehead atoms. The summed E-state index contributed by atoms with van der Waals surface area (Å²) in [6.45, 7) is 6.30. The van der Waals surface area contributed by atoms with Gasteiger partial charge in [-0.25, -0.2) is 14.2 Å². The van der Waals surface area contributed by atoms with Crippen LogP contribution < -0.4 is 0 Å². The molecule has 3 unspecified atom stereocenters. The van der Waals surface area contributed by atoms with E-state index in [0.29, 0.717) is 11.3 Å². The van der Waals surface area contributed by atoms with Crippen molar-refractivity contribution in [1.29, 1.82) is 0 Å². The Labute approximate surface area is 247 Å². The molecule has 1 aliphatic rings. The second kappa shape index (κ2) is 11.7. The number of rotatable bonds is 7. The Balaban J connectivity index is 2.21. The van der Waals surface area contributed by atoms with E-state index in [9.17, 15) is 37.4 Å². The van der Waals surface area contributed by atoms with Gasteiger partial charge >= 0.3 is 18.1 Å². The van der Waals surface area contributed by atoms with Crippen LogP contribution in [0.5, 0.6) is 0 Å². The number of hydrogen-bond acceptors (Lipinski definition) is 3. The van der Waals surface area contributed by atoms with E-state index in [2.05, 4.69) is 0 Å². The number of halogens is 4. The maximum absolute atomic E-state index is 14.5. The summed E-state index contributed by atoms with van der Waals surface area (Å²) < 4.78 is 57.1. The molecule has 1 aliphatic heterocycles. The zero-order valence-electron chi connectivity index (χ0n) is 24.1. The second-order valence-electron chi connectivity index (χ2n) is 10.7. The maximum atomic E-state index is 14.5. The molecule has 0 fully saturated rings. The zero-order chi connectivity index (χ0) is 31.7. The second-order valence-corrected chi connectivity index (χ2v) is 10.7. The highest BCUT2D eigenvalue weighted by Crippen LogP contribution is 2.57. The molecule has 2 N–H and O–H groups in total. The summed E-state index contributed by atoms with van der Waals surface area (Å²) in [6.07, 6.45) is -5.02. The number of aliphatic imine (C=N–C) groups is 1. The first-order chi connectivity index (χ1) is 20.2. The number of benzene rings is 3. The summed E-state index contributed by atoms with van der Waals surface area (Å²) in [5, 5.41) is 21.6. The Hall–Kier alpha value is -4.47. The third-order valence-corrected chi connectivity index (χ3v) is 8.52. The quantitative estimate of drug-likeness (QED) is 0.165. The van der Waals surface area contributed by atoms with Crippen LogP contribution in [0.15, 0.2) is 95.1 Å². The van der Waals surface area contributed by atoms with Crippen molar-refractivity contribution >= 4 is 23.5 Å². The van der Waals surface area contributed by atoms with Gasteiger partial charge in [0, 0.05) is 16.7 Å². The number of hydrogen-bond donors (Lipinski definition) is 2. The van der Waals surface area contributed by atoms with Gasteiger partial charge in [0.15, 0.2) is 0 Å². The molecule has 3 aromatic carbocycles. The average molecular weight is 597 g/mol. The summed E-state index contributed by atoms with van der Waals surface area (Å²) in [5.74, 6) is -4.99. The molecule has 6 nitrogen and oxygen atoms in total. The van der Waals surface area contributed by atoms with Gasteiger partial charge in [0.05, 0.1) is 28.3 Å². The molecule has 10 heteroatoms. The lowest BCUT2D eigenvalue weighted by Gasteiger charge is -2.58. The molecule has 0 saturated heterocycles. The number of allylic oxidation sites excluding steroid dienone is 1. The lowest BCUT2D eigenvalue weighted by atomic mass is 9.53. The van der Waals surface area contributed by atoms with E-state index in [4.69, 9.17) is 4.99 Å². The molecule has 4 rings (SSSR count). The van der Waals surface area contributed by atoms with Crippen molar-refractivity contribution in [3.05, 3.63) is 113 Å². The minimum absolute atomic E-state index is 0.0536. The standard InChI is InChI=1S/C33H32F4N2O4/c1-5-31(4)27(30(42)43)32(6-2,24-14-10-11-15-25(24)33(35,36)37)26(29(40)41)20(3)39(31)28(21-12-8-7-9-13-21)38-23-18-16-22(34)17-19-23/h7-19,27H,5-6H2,1-4H3,(H,40,41)(H,42,43). The van der Waals surface area contributed by atoms with Gasteiger partial charge in [0.2, 0.25) is 0 Å². The topological polar surface area (TPSA) is 90.2 Å². The Morgan fingerprint density at radius 2 is 1.49 bits per heavy atom. The smallest absolute Gasteiger partial charge is 0.416 e. The Kier molecular flexibility index (Phi) is 8.53. The van der Waals surface area contributed by atoms with E-state index in [1.54, 1.807) is 44.2 Å². The molecule has 0 saturated carbocycles. The Morgan fingerprint density at radius 1 is 0.907 bits per heavy atom. The van der Waals surface area contributed by atoms with Crippen LogP contribution >= 0.6 is 0 Å². The number of alkyl halides is 3. The molecule has 1 heterocycles. The summed E-state index contributed by atoms with van der Waals surface area (Å²) in [7, 11) is 0. The van der Waals surface area contributed by atoms with Crippen LogP contribution in [0.4, 0.5) is 23.2 Å². The van der Waals surface area contributed by atoms with E-state index in [0.717, 1.165) is 6.07 Å². The van der Waals surface area contributed by atoms with E-state index in [1.807, 2.05) is 0 Å². The van der Waals surface area contributed by atoms with Crippen LogP contribution in [0.1, 0.15) is 57.2 Å². The maximum Gasteiger partial charge on any atom is 0.416 e. The number of aliphatic carboxylic acids is 2. The predicted octanol–water partition coefficient (Wildman–Crippen LogP) is 7.81. The van der Waals surface area contributed by atoms with Crippen molar-refractivity contribution in [3.63, 3.8) is 0 Å². The van der Waals surface area contributed by atoms with E-state index in [-0.39, 0.29) is 24.4 Å². The fraction of sp³-hybridized carbons (Fsp3) is 0.303. The van der Waals surface area contributed by atoms with Crippen molar-refractivity contribution in [1.82, 2.24) is 4.90 Å². The summed E-state index contributed by atoms with van der Waals surface area (Å²) in [6, 6.07) is 18.5. The van der Waals surface area contributed by atoms with Gasteiger partial charge in [-0.15, -0.1) is 0 Å².